The van der Waals surface area contributed by atoms with Gasteiger partial charge in [0.15, 0.2) is 0 Å². The van der Waals surface area contributed by atoms with E-state index < -0.39 is 5.60 Å². The highest BCUT2D eigenvalue weighted by molar-refractivity contribution is 5.81. The zero-order chi connectivity index (χ0) is 15.7. The van der Waals surface area contributed by atoms with Crippen LogP contribution in [0.15, 0.2) is 34.9 Å². The van der Waals surface area contributed by atoms with Gasteiger partial charge < -0.3 is 19.0 Å². The Bertz CT molecular complexity index is 664. The van der Waals surface area contributed by atoms with Crippen molar-refractivity contribution in [3.8, 4) is 0 Å². The predicted octanol–water partition coefficient (Wildman–Crippen LogP) is 3.49. The fourth-order valence-corrected chi connectivity index (χ4v) is 2.62. The molecule has 2 aromatic rings. The number of fused-ring (bicyclic) bond motifs is 1. The first-order valence-electron chi connectivity index (χ1n) is 7.62. The van der Waals surface area contributed by atoms with Crippen LogP contribution >= 0.6 is 0 Å². The maximum atomic E-state index is 12.1. The van der Waals surface area contributed by atoms with E-state index in [2.05, 4.69) is 17.0 Å². The quantitative estimate of drug-likeness (QED) is 0.809. The lowest BCUT2D eigenvalue weighted by Gasteiger charge is -2.36. The van der Waals surface area contributed by atoms with E-state index in [-0.39, 0.29) is 6.09 Å². The van der Waals surface area contributed by atoms with Gasteiger partial charge in [0.25, 0.3) is 0 Å². The van der Waals surface area contributed by atoms with Crippen LogP contribution in [0.4, 0.5) is 10.5 Å². The van der Waals surface area contributed by atoms with Gasteiger partial charge in [0.1, 0.15) is 11.2 Å². The first-order valence-corrected chi connectivity index (χ1v) is 7.62. The fraction of sp³-hybridized carbons (Fsp3) is 0.471. The maximum Gasteiger partial charge on any atom is 0.410 e. The van der Waals surface area contributed by atoms with Gasteiger partial charge in [-0.05, 0) is 45.0 Å². The van der Waals surface area contributed by atoms with Crippen LogP contribution in [0.2, 0.25) is 0 Å². The third-order valence-electron chi connectivity index (χ3n) is 3.73. The molecule has 118 valence electrons. The van der Waals surface area contributed by atoms with E-state index in [0.717, 1.165) is 29.7 Å². The molecule has 0 spiro atoms. The van der Waals surface area contributed by atoms with Gasteiger partial charge in [-0.15, -0.1) is 0 Å². The average molecular weight is 302 g/mol. The molecule has 1 aromatic carbocycles. The smallest absolute Gasteiger partial charge is 0.410 e. The van der Waals surface area contributed by atoms with Crippen LogP contribution in [0, 0.1) is 0 Å². The van der Waals surface area contributed by atoms with Crippen molar-refractivity contribution in [2.24, 2.45) is 0 Å². The normalized spacial score (nSPS) is 16.1. The standard InChI is InChI=1S/C17H22N2O3/c1-17(2,3)22-16(20)19-9-7-18(8-10-19)14-4-5-15-13(12-14)6-11-21-15/h4-6,11-12H,7-10H2,1-3H3. The van der Waals surface area contributed by atoms with Crippen LogP contribution in [-0.2, 0) is 4.74 Å². The molecule has 0 saturated carbocycles. The molecule has 1 aliphatic heterocycles. The molecule has 1 amide bonds. The molecule has 0 bridgehead atoms. The van der Waals surface area contributed by atoms with Gasteiger partial charge in [0.2, 0.25) is 0 Å². The summed E-state index contributed by atoms with van der Waals surface area (Å²) >= 11 is 0. The van der Waals surface area contributed by atoms with Crippen LogP contribution in [0.5, 0.6) is 0 Å². The number of ether oxygens (including phenoxy) is 1. The van der Waals surface area contributed by atoms with Crippen LogP contribution in [0.1, 0.15) is 20.8 Å². The number of carbonyl (C=O) groups is 1. The molecule has 1 fully saturated rings. The molecule has 3 rings (SSSR count). The SMILES string of the molecule is CC(C)(C)OC(=O)N1CCN(c2ccc3occc3c2)CC1. The molecule has 22 heavy (non-hydrogen) atoms. The van der Waals surface area contributed by atoms with Crippen molar-refractivity contribution in [3.05, 3.63) is 30.5 Å². The van der Waals surface area contributed by atoms with Gasteiger partial charge in [0.05, 0.1) is 6.26 Å². The molecule has 2 heterocycles. The second-order valence-corrected chi connectivity index (χ2v) is 6.60. The highest BCUT2D eigenvalue weighted by Crippen LogP contribution is 2.24. The second-order valence-electron chi connectivity index (χ2n) is 6.60. The number of piperazine rings is 1. The fourth-order valence-electron chi connectivity index (χ4n) is 2.62. The summed E-state index contributed by atoms with van der Waals surface area (Å²) in [6.07, 6.45) is 1.48. The molecule has 1 saturated heterocycles. The molecule has 0 unspecified atom stereocenters. The van der Waals surface area contributed by atoms with E-state index >= 15 is 0 Å². The molecule has 1 aliphatic rings. The summed E-state index contributed by atoms with van der Waals surface area (Å²) in [5.41, 5.74) is 1.62. The van der Waals surface area contributed by atoms with E-state index in [9.17, 15) is 4.79 Å². The van der Waals surface area contributed by atoms with Crippen molar-refractivity contribution in [1.29, 1.82) is 0 Å². The molecular formula is C17H22N2O3. The number of furan rings is 1. The monoisotopic (exact) mass is 302 g/mol. The molecule has 0 atom stereocenters. The highest BCUT2D eigenvalue weighted by atomic mass is 16.6. The first-order chi connectivity index (χ1) is 10.4. The largest absolute Gasteiger partial charge is 0.464 e. The third kappa shape index (κ3) is 3.18. The number of hydrogen-bond acceptors (Lipinski definition) is 4. The number of hydrogen-bond donors (Lipinski definition) is 0. The lowest BCUT2D eigenvalue weighted by atomic mass is 10.2. The van der Waals surface area contributed by atoms with E-state index in [0.29, 0.717) is 13.1 Å². The number of amides is 1. The maximum absolute atomic E-state index is 12.1. The Kier molecular flexibility index (Phi) is 3.72. The Morgan fingerprint density at radius 1 is 1.14 bits per heavy atom. The number of rotatable bonds is 1. The number of carbonyl (C=O) groups excluding carboxylic acids is 1. The van der Waals surface area contributed by atoms with Crippen LogP contribution in [0.25, 0.3) is 11.0 Å². The molecule has 0 aliphatic carbocycles. The summed E-state index contributed by atoms with van der Waals surface area (Å²) in [5, 5.41) is 1.10. The molecule has 1 aromatic heterocycles. The molecule has 5 nitrogen and oxygen atoms in total. The van der Waals surface area contributed by atoms with E-state index in [4.69, 9.17) is 9.15 Å². The highest BCUT2D eigenvalue weighted by Gasteiger charge is 2.25. The van der Waals surface area contributed by atoms with Crippen molar-refractivity contribution in [1.82, 2.24) is 4.90 Å². The Hall–Kier alpha value is -2.17. The minimum Gasteiger partial charge on any atom is -0.464 e. The molecule has 0 N–H and O–H groups in total. The van der Waals surface area contributed by atoms with Crippen molar-refractivity contribution >= 4 is 22.7 Å². The van der Waals surface area contributed by atoms with Crippen LogP contribution < -0.4 is 4.90 Å². The van der Waals surface area contributed by atoms with Crippen molar-refractivity contribution < 1.29 is 13.9 Å². The van der Waals surface area contributed by atoms with Gasteiger partial charge in [-0.3, -0.25) is 0 Å². The van der Waals surface area contributed by atoms with E-state index in [1.807, 2.05) is 32.9 Å². The Balaban J connectivity index is 1.62. The predicted molar refractivity (Wildman–Crippen MR) is 86.2 cm³/mol. The van der Waals surface area contributed by atoms with Gasteiger partial charge in [-0.2, -0.15) is 0 Å². The van der Waals surface area contributed by atoms with Crippen molar-refractivity contribution in [2.75, 3.05) is 31.1 Å². The molecule has 0 radical (unpaired) electrons. The minimum atomic E-state index is -0.444. The topological polar surface area (TPSA) is 45.9 Å². The molecule has 5 heteroatoms. The third-order valence-corrected chi connectivity index (χ3v) is 3.73. The Morgan fingerprint density at radius 2 is 1.86 bits per heavy atom. The summed E-state index contributed by atoms with van der Waals surface area (Å²) in [6.45, 7) is 8.64. The molecular weight excluding hydrogens is 280 g/mol. The number of nitrogens with zero attached hydrogens (tertiary/aromatic N) is 2. The van der Waals surface area contributed by atoms with Crippen molar-refractivity contribution in [3.63, 3.8) is 0 Å². The zero-order valence-corrected chi connectivity index (χ0v) is 13.3. The summed E-state index contributed by atoms with van der Waals surface area (Å²) in [6, 6.07) is 8.15. The van der Waals surface area contributed by atoms with Gasteiger partial charge >= 0.3 is 6.09 Å². The first kappa shape index (κ1) is 14.8. The van der Waals surface area contributed by atoms with E-state index in [1.165, 1.54) is 0 Å². The zero-order valence-electron chi connectivity index (χ0n) is 13.3. The van der Waals surface area contributed by atoms with Crippen LogP contribution in [-0.4, -0.2) is 42.8 Å². The summed E-state index contributed by atoms with van der Waals surface area (Å²) in [7, 11) is 0. The lowest BCUT2D eigenvalue weighted by molar-refractivity contribution is 0.0240. The Morgan fingerprint density at radius 3 is 2.55 bits per heavy atom. The minimum absolute atomic E-state index is 0.225. The van der Waals surface area contributed by atoms with Gasteiger partial charge in [0, 0.05) is 37.3 Å². The average Bonchev–Trinajstić information content (AvgIpc) is 2.93. The summed E-state index contributed by atoms with van der Waals surface area (Å²) in [5.74, 6) is 0. The van der Waals surface area contributed by atoms with Crippen molar-refractivity contribution in [2.45, 2.75) is 26.4 Å². The number of benzene rings is 1. The van der Waals surface area contributed by atoms with E-state index in [1.54, 1.807) is 11.2 Å². The van der Waals surface area contributed by atoms with Crippen LogP contribution in [0.3, 0.4) is 0 Å². The second kappa shape index (κ2) is 5.55. The lowest BCUT2D eigenvalue weighted by Crippen LogP contribution is -2.50. The van der Waals surface area contributed by atoms with Gasteiger partial charge in [-0.1, -0.05) is 0 Å². The summed E-state index contributed by atoms with van der Waals surface area (Å²) < 4.78 is 10.8. The Labute approximate surface area is 130 Å². The van der Waals surface area contributed by atoms with Gasteiger partial charge in [-0.25, -0.2) is 4.79 Å². The summed E-state index contributed by atoms with van der Waals surface area (Å²) in [4.78, 5) is 16.1. The number of anilines is 1.